The van der Waals surface area contributed by atoms with Crippen LogP contribution in [0.4, 0.5) is 10.5 Å². The first kappa shape index (κ1) is 15.9. The lowest BCUT2D eigenvalue weighted by atomic mass is 10.2. The van der Waals surface area contributed by atoms with Gasteiger partial charge in [0.1, 0.15) is 6.61 Å². The van der Waals surface area contributed by atoms with E-state index in [1.54, 1.807) is 37.4 Å². The van der Waals surface area contributed by atoms with E-state index in [0.29, 0.717) is 30.5 Å². The molecule has 1 aliphatic heterocycles. The van der Waals surface area contributed by atoms with Gasteiger partial charge < -0.3 is 24.4 Å². The van der Waals surface area contributed by atoms with Crippen LogP contribution in [0, 0.1) is 0 Å². The molecule has 1 aliphatic rings. The smallest absolute Gasteiger partial charge is 0.321 e. The molecule has 7 heteroatoms. The number of carbonyl (C=O) groups is 1. The lowest BCUT2D eigenvalue weighted by molar-refractivity contribution is 0.0731. The summed E-state index contributed by atoms with van der Waals surface area (Å²) in [5, 5.41) is 2.77. The van der Waals surface area contributed by atoms with Crippen molar-refractivity contribution in [1.29, 1.82) is 0 Å². The molecular formula is C17H19N3O4. The van der Waals surface area contributed by atoms with Crippen LogP contribution in [0.2, 0.25) is 0 Å². The molecule has 0 spiro atoms. The summed E-state index contributed by atoms with van der Waals surface area (Å²) in [6.45, 7) is 0.808. The van der Waals surface area contributed by atoms with E-state index in [2.05, 4.69) is 10.3 Å². The summed E-state index contributed by atoms with van der Waals surface area (Å²) in [7, 11) is 3.24. The molecular weight excluding hydrogens is 310 g/mol. The Morgan fingerprint density at radius 2 is 2.12 bits per heavy atom. The van der Waals surface area contributed by atoms with E-state index >= 15 is 0 Å². The third-order valence-corrected chi connectivity index (χ3v) is 3.59. The molecule has 0 saturated heterocycles. The molecule has 2 heterocycles. The van der Waals surface area contributed by atoms with E-state index < -0.39 is 0 Å². The predicted molar refractivity (Wildman–Crippen MR) is 88.8 cm³/mol. The standard InChI is InChI=1S/C17H19N3O4/c1-20(17(21)19-12-7-8-16(22-2)18-9-12)10-13-11-23-14-5-3-4-6-15(14)24-13/h3-9,13H,10-11H2,1-2H3,(H,19,21)/t13-/m0/s1. The number of nitrogens with one attached hydrogen (secondary N) is 1. The van der Waals surface area contributed by atoms with Crippen LogP contribution < -0.4 is 19.5 Å². The summed E-state index contributed by atoms with van der Waals surface area (Å²) in [5.74, 6) is 1.92. The summed E-state index contributed by atoms with van der Waals surface area (Å²) in [6.07, 6.45) is 1.32. The molecule has 7 nitrogen and oxygen atoms in total. The van der Waals surface area contributed by atoms with Gasteiger partial charge in [-0.3, -0.25) is 0 Å². The predicted octanol–water partition coefficient (Wildman–Crippen LogP) is 2.39. The minimum absolute atomic E-state index is 0.218. The zero-order chi connectivity index (χ0) is 16.9. The van der Waals surface area contributed by atoms with Crippen molar-refractivity contribution in [2.75, 3.05) is 32.6 Å². The molecule has 0 unspecified atom stereocenters. The van der Waals surface area contributed by atoms with Gasteiger partial charge in [0.25, 0.3) is 0 Å². The number of ether oxygens (including phenoxy) is 3. The molecule has 0 saturated carbocycles. The number of hydrogen-bond donors (Lipinski definition) is 1. The SMILES string of the molecule is COc1ccc(NC(=O)N(C)C[C@H]2COc3ccccc3O2)cn1. The van der Waals surface area contributed by atoms with Gasteiger partial charge in [-0.15, -0.1) is 0 Å². The first-order valence-corrected chi connectivity index (χ1v) is 7.56. The number of fused-ring (bicyclic) bond motifs is 1. The van der Waals surface area contributed by atoms with Gasteiger partial charge in [0.05, 0.1) is 25.5 Å². The molecule has 0 fully saturated rings. The van der Waals surface area contributed by atoms with Crippen LogP contribution >= 0.6 is 0 Å². The van der Waals surface area contributed by atoms with Crippen molar-refractivity contribution in [3.8, 4) is 17.4 Å². The number of anilines is 1. The lowest BCUT2D eigenvalue weighted by Gasteiger charge is -2.29. The number of likely N-dealkylation sites (N-methyl/N-ethyl adjacent to an activating group) is 1. The van der Waals surface area contributed by atoms with Crippen molar-refractivity contribution in [1.82, 2.24) is 9.88 Å². The van der Waals surface area contributed by atoms with Gasteiger partial charge in [0.2, 0.25) is 5.88 Å². The summed E-state index contributed by atoms with van der Waals surface area (Å²) >= 11 is 0. The highest BCUT2D eigenvalue weighted by molar-refractivity contribution is 5.88. The number of rotatable bonds is 4. The highest BCUT2D eigenvalue weighted by atomic mass is 16.6. The molecule has 1 aromatic carbocycles. The van der Waals surface area contributed by atoms with Gasteiger partial charge in [0, 0.05) is 13.1 Å². The Morgan fingerprint density at radius 3 is 2.83 bits per heavy atom. The summed E-state index contributed by atoms with van der Waals surface area (Å²) < 4.78 is 16.5. The summed E-state index contributed by atoms with van der Waals surface area (Å²) in [5.41, 5.74) is 0.596. The molecule has 0 aliphatic carbocycles. The molecule has 1 atom stereocenters. The van der Waals surface area contributed by atoms with Crippen molar-refractivity contribution in [2.24, 2.45) is 0 Å². The van der Waals surface area contributed by atoms with Gasteiger partial charge in [0.15, 0.2) is 17.6 Å². The average molecular weight is 329 g/mol. The van der Waals surface area contributed by atoms with E-state index in [1.165, 1.54) is 0 Å². The second-order valence-corrected chi connectivity index (χ2v) is 5.40. The monoisotopic (exact) mass is 329 g/mol. The Kier molecular flexibility index (Phi) is 4.69. The highest BCUT2D eigenvalue weighted by Gasteiger charge is 2.23. The number of hydrogen-bond acceptors (Lipinski definition) is 5. The van der Waals surface area contributed by atoms with Crippen molar-refractivity contribution >= 4 is 11.7 Å². The molecule has 2 aromatic rings. The molecule has 126 valence electrons. The van der Waals surface area contributed by atoms with E-state index in [-0.39, 0.29) is 12.1 Å². The fraction of sp³-hybridized carbons (Fsp3) is 0.294. The Balaban J connectivity index is 1.54. The quantitative estimate of drug-likeness (QED) is 0.932. The highest BCUT2D eigenvalue weighted by Crippen LogP contribution is 2.30. The third kappa shape index (κ3) is 3.68. The van der Waals surface area contributed by atoms with Gasteiger partial charge >= 0.3 is 6.03 Å². The number of methoxy groups -OCH3 is 1. The maximum atomic E-state index is 12.2. The normalized spacial score (nSPS) is 15.5. The Morgan fingerprint density at radius 1 is 1.33 bits per heavy atom. The molecule has 1 N–H and O–H groups in total. The molecule has 24 heavy (non-hydrogen) atoms. The number of amides is 2. The van der Waals surface area contributed by atoms with Crippen LogP contribution in [0.3, 0.4) is 0 Å². The van der Waals surface area contributed by atoms with E-state index in [9.17, 15) is 4.79 Å². The van der Waals surface area contributed by atoms with Crippen molar-refractivity contribution in [2.45, 2.75) is 6.10 Å². The van der Waals surface area contributed by atoms with Crippen LogP contribution in [0.25, 0.3) is 0 Å². The molecule has 3 rings (SSSR count). The van der Waals surface area contributed by atoms with Crippen LogP contribution in [-0.4, -0.2) is 49.3 Å². The number of urea groups is 1. The minimum atomic E-state index is -0.246. The van der Waals surface area contributed by atoms with Crippen LogP contribution in [0.15, 0.2) is 42.6 Å². The third-order valence-electron chi connectivity index (χ3n) is 3.59. The maximum Gasteiger partial charge on any atom is 0.321 e. The molecule has 0 radical (unpaired) electrons. The number of para-hydroxylation sites is 2. The topological polar surface area (TPSA) is 72.9 Å². The van der Waals surface area contributed by atoms with Gasteiger partial charge in [-0.05, 0) is 18.2 Å². The van der Waals surface area contributed by atoms with Crippen molar-refractivity contribution in [3.63, 3.8) is 0 Å². The minimum Gasteiger partial charge on any atom is -0.486 e. The molecule has 2 amide bonds. The zero-order valence-corrected chi connectivity index (χ0v) is 13.6. The number of carbonyl (C=O) groups excluding carboxylic acids is 1. The lowest BCUT2D eigenvalue weighted by Crippen LogP contribution is -2.43. The Hall–Kier alpha value is -2.96. The van der Waals surface area contributed by atoms with Crippen LogP contribution in [0.1, 0.15) is 0 Å². The summed E-state index contributed by atoms with van der Waals surface area (Å²) in [4.78, 5) is 17.8. The van der Waals surface area contributed by atoms with Gasteiger partial charge in [-0.2, -0.15) is 0 Å². The first-order valence-electron chi connectivity index (χ1n) is 7.56. The maximum absolute atomic E-state index is 12.2. The fourth-order valence-electron chi connectivity index (χ4n) is 2.34. The van der Waals surface area contributed by atoms with Crippen molar-refractivity contribution < 1.29 is 19.0 Å². The van der Waals surface area contributed by atoms with E-state index in [0.717, 1.165) is 5.75 Å². The number of nitrogens with zero attached hydrogens (tertiary/aromatic N) is 2. The number of aromatic nitrogens is 1. The van der Waals surface area contributed by atoms with Crippen LogP contribution in [0.5, 0.6) is 17.4 Å². The van der Waals surface area contributed by atoms with Gasteiger partial charge in [-0.25, -0.2) is 9.78 Å². The van der Waals surface area contributed by atoms with Crippen LogP contribution in [-0.2, 0) is 0 Å². The summed E-state index contributed by atoms with van der Waals surface area (Å²) in [6, 6.07) is 10.7. The Labute approximate surface area is 140 Å². The molecule has 0 bridgehead atoms. The average Bonchev–Trinajstić information content (AvgIpc) is 2.62. The van der Waals surface area contributed by atoms with Crippen molar-refractivity contribution in [3.05, 3.63) is 42.6 Å². The number of benzene rings is 1. The Bertz CT molecular complexity index is 705. The largest absolute Gasteiger partial charge is 0.486 e. The first-order chi connectivity index (χ1) is 11.7. The fourth-order valence-corrected chi connectivity index (χ4v) is 2.34. The zero-order valence-electron chi connectivity index (χ0n) is 13.6. The van der Waals surface area contributed by atoms with E-state index in [4.69, 9.17) is 14.2 Å². The number of pyridine rings is 1. The van der Waals surface area contributed by atoms with Gasteiger partial charge in [-0.1, -0.05) is 12.1 Å². The second kappa shape index (κ2) is 7.08. The second-order valence-electron chi connectivity index (χ2n) is 5.40. The molecule has 1 aromatic heterocycles. The van der Waals surface area contributed by atoms with E-state index in [1.807, 2.05) is 24.3 Å².